The first-order chi connectivity index (χ1) is 11.3. The summed E-state index contributed by atoms with van der Waals surface area (Å²) in [6.45, 7) is 4.06. The highest BCUT2D eigenvalue weighted by Crippen LogP contribution is 2.32. The average molecular weight is 314 g/mol. The number of methoxy groups -OCH3 is 1. The Bertz CT molecular complexity index is 698. The van der Waals surface area contributed by atoms with Crippen molar-refractivity contribution in [1.82, 2.24) is 9.88 Å². The lowest BCUT2D eigenvalue weighted by atomic mass is 10.0. The Hall–Kier alpha value is -1.69. The summed E-state index contributed by atoms with van der Waals surface area (Å²) in [5.41, 5.74) is 2.08. The van der Waals surface area contributed by atoms with E-state index in [2.05, 4.69) is 22.0 Å². The summed E-state index contributed by atoms with van der Waals surface area (Å²) in [5, 5.41) is 1.14. The molecule has 0 aliphatic carbocycles. The smallest absolute Gasteiger partial charge is 0.218 e. The van der Waals surface area contributed by atoms with Gasteiger partial charge in [-0.1, -0.05) is 18.2 Å². The number of nitrogens with zero attached hydrogens (tertiary/aromatic N) is 2. The summed E-state index contributed by atoms with van der Waals surface area (Å²) < 4.78 is 17.2. The molecule has 122 valence electrons. The maximum absolute atomic E-state index is 5.87. The molecule has 0 unspecified atom stereocenters. The normalized spacial score (nSPS) is 21.1. The fraction of sp³-hybridized carbons (Fsp3) is 0.500. The molecular weight excluding hydrogens is 292 g/mol. The van der Waals surface area contributed by atoms with Crippen LogP contribution in [0, 0.1) is 0 Å². The van der Waals surface area contributed by atoms with Crippen LogP contribution in [0.15, 0.2) is 30.3 Å². The Balaban J connectivity index is 1.59. The Morgan fingerprint density at radius 3 is 2.91 bits per heavy atom. The third kappa shape index (κ3) is 2.92. The van der Waals surface area contributed by atoms with E-state index in [0.29, 0.717) is 19.1 Å². The molecule has 4 rings (SSSR count). The van der Waals surface area contributed by atoms with E-state index in [4.69, 9.17) is 14.2 Å². The average Bonchev–Trinajstić information content (AvgIpc) is 3.02. The zero-order valence-electron chi connectivity index (χ0n) is 13.5. The number of benzene rings is 1. The molecular formula is C18H22N2O3. The molecule has 1 spiro atoms. The summed E-state index contributed by atoms with van der Waals surface area (Å²) in [6.07, 6.45) is 2.07. The van der Waals surface area contributed by atoms with Gasteiger partial charge in [-0.25, -0.2) is 4.98 Å². The summed E-state index contributed by atoms with van der Waals surface area (Å²) in [6, 6.07) is 10.3. The number of pyridine rings is 1. The van der Waals surface area contributed by atoms with Crippen LogP contribution in [0.3, 0.4) is 0 Å². The molecule has 3 heterocycles. The van der Waals surface area contributed by atoms with Gasteiger partial charge in [0.05, 0.1) is 32.4 Å². The van der Waals surface area contributed by atoms with Gasteiger partial charge in [0.25, 0.3) is 0 Å². The minimum absolute atomic E-state index is 0.393. The Morgan fingerprint density at radius 2 is 2.09 bits per heavy atom. The highest BCUT2D eigenvalue weighted by Gasteiger charge is 2.40. The topological polar surface area (TPSA) is 43.8 Å². The van der Waals surface area contributed by atoms with Crippen LogP contribution in [0.5, 0.6) is 5.88 Å². The van der Waals surface area contributed by atoms with Gasteiger partial charge >= 0.3 is 0 Å². The van der Waals surface area contributed by atoms with Crippen LogP contribution in [0.4, 0.5) is 0 Å². The molecule has 5 nitrogen and oxygen atoms in total. The highest BCUT2D eigenvalue weighted by molar-refractivity contribution is 5.80. The zero-order chi connectivity index (χ0) is 15.7. The fourth-order valence-electron chi connectivity index (χ4n) is 3.61. The number of hydrogen-bond donors (Lipinski definition) is 0. The molecule has 2 fully saturated rings. The number of para-hydroxylation sites is 1. The third-order valence-corrected chi connectivity index (χ3v) is 4.66. The van der Waals surface area contributed by atoms with Crippen LogP contribution < -0.4 is 4.74 Å². The summed E-state index contributed by atoms with van der Waals surface area (Å²) in [7, 11) is 1.68. The van der Waals surface area contributed by atoms with Crippen molar-refractivity contribution in [3.05, 3.63) is 35.9 Å². The van der Waals surface area contributed by atoms with Crippen molar-refractivity contribution < 1.29 is 14.2 Å². The molecule has 0 amide bonds. The van der Waals surface area contributed by atoms with Crippen LogP contribution in [0.25, 0.3) is 10.9 Å². The second-order valence-corrected chi connectivity index (χ2v) is 6.27. The SMILES string of the molecule is COc1nc2ccccc2cc1CN1CCCC2(C1)OCCO2. The molecule has 0 bridgehead atoms. The molecule has 0 N–H and O–H groups in total. The monoisotopic (exact) mass is 314 g/mol. The third-order valence-electron chi connectivity index (χ3n) is 4.66. The summed E-state index contributed by atoms with van der Waals surface area (Å²) in [5.74, 6) is 0.312. The van der Waals surface area contributed by atoms with Crippen LogP contribution in [0.1, 0.15) is 18.4 Å². The van der Waals surface area contributed by atoms with Gasteiger partial charge < -0.3 is 14.2 Å². The van der Waals surface area contributed by atoms with E-state index in [1.165, 1.54) is 0 Å². The predicted octanol–water partition coefficient (Wildman–Crippen LogP) is 2.58. The molecule has 0 saturated carbocycles. The van der Waals surface area contributed by atoms with Crippen LogP contribution in [0.2, 0.25) is 0 Å². The Labute approximate surface area is 136 Å². The molecule has 0 atom stereocenters. The number of ether oxygens (including phenoxy) is 3. The summed E-state index contributed by atoms with van der Waals surface area (Å²) in [4.78, 5) is 7.01. The first-order valence-corrected chi connectivity index (χ1v) is 8.21. The lowest BCUT2D eigenvalue weighted by Crippen LogP contribution is -2.48. The maximum atomic E-state index is 5.87. The van der Waals surface area contributed by atoms with E-state index in [1.807, 2.05) is 18.2 Å². The molecule has 2 aliphatic heterocycles. The van der Waals surface area contributed by atoms with Crippen molar-refractivity contribution in [3.63, 3.8) is 0 Å². The van der Waals surface area contributed by atoms with Crippen molar-refractivity contribution in [2.45, 2.75) is 25.2 Å². The highest BCUT2D eigenvalue weighted by atomic mass is 16.7. The number of likely N-dealkylation sites (tertiary alicyclic amines) is 1. The Kier molecular flexibility index (Phi) is 3.93. The van der Waals surface area contributed by atoms with Crippen LogP contribution >= 0.6 is 0 Å². The van der Waals surface area contributed by atoms with E-state index in [1.54, 1.807) is 7.11 Å². The standard InChI is InChI=1S/C18H22N2O3/c1-21-17-15(11-14-5-2-3-6-16(14)19-17)12-20-8-4-7-18(13-20)22-9-10-23-18/h2-3,5-6,11H,4,7-10,12-13H2,1H3. The maximum Gasteiger partial charge on any atom is 0.218 e. The first kappa shape index (κ1) is 14.9. The largest absolute Gasteiger partial charge is 0.481 e. The van der Waals surface area contributed by atoms with E-state index in [0.717, 1.165) is 48.9 Å². The van der Waals surface area contributed by atoms with Gasteiger partial charge in [-0.05, 0) is 25.1 Å². The second-order valence-electron chi connectivity index (χ2n) is 6.27. The molecule has 1 aromatic heterocycles. The molecule has 1 aromatic carbocycles. The quantitative estimate of drug-likeness (QED) is 0.871. The minimum atomic E-state index is -0.393. The van der Waals surface area contributed by atoms with Crippen molar-refractivity contribution in [2.24, 2.45) is 0 Å². The number of hydrogen-bond acceptors (Lipinski definition) is 5. The van der Waals surface area contributed by atoms with Crippen molar-refractivity contribution in [1.29, 1.82) is 0 Å². The van der Waals surface area contributed by atoms with E-state index in [9.17, 15) is 0 Å². The van der Waals surface area contributed by atoms with Gasteiger partial charge in [0.2, 0.25) is 5.88 Å². The lowest BCUT2D eigenvalue weighted by Gasteiger charge is -2.38. The van der Waals surface area contributed by atoms with E-state index in [-0.39, 0.29) is 0 Å². The van der Waals surface area contributed by atoms with Gasteiger partial charge in [-0.15, -0.1) is 0 Å². The van der Waals surface area contributed by atoms with Gasteiger partial charge in [-0.2, -0.15) is 0 Å². The summed E-state index contributed by atoms with van der Waals surface area (Å²) >= 11 is 0. The van der Waals surface area contributed by atoms with Gasteiger partial charge in [-0.3, -0.25) is 4.90 Å². The van der Waals surface area contributed by atoms with Crippen LogP contribution in [-0.4, -0.2) is 49.1 Å². The van der Waals surface area contributed by atoms with Crippen molar-refractivity contribution in [3.8, 4) is 5.88 Å². The van der Waals surface area contributed by atoms with Gasteiger partial charge in [0.15, 0.2) is 5.79 Å². The number of fused-ring (bicyclic) bond motifs is 1. The Morgan fingerprint density at radius 1 is 1.26 bits per heavy atom. The molecule has 0 radical (unpaired) electrons. The number of rotatable bonds is 3. The van der Waals surface area contributed by atoms with Crippen LogP contribution in [-0.2, 0) is 16.0 Å². The molecule has 2 aromatic rings. The molecule has 2 saturated heterocycles. The van der Waals surface area contributed by atoms with E-state index < -0.39 is 5.79 Å². The predicted molar refractivity (Wildman–Crippen MR) is 87.4 cm³/mol. The molecule has 23 heavy (non-hydrogen) atoms. The number of aromatic nitrogens is 1. The molecule has 2 aliphatic rings. The van der Waals surface area contributed by atoms with Crippen molar-refractivity contribution in [2.75, 3.05) is 33.4 Å². The van der Waals surface area contributed by atoms with Gasteiger partial charge in [0.1, 0.15) is 0 Å². The molecule has 5 heteroatoms. The lowest BCUT2D eigenvalue weighted by molar-refractivity contribution is -0.190. The number of piperidine rings is 1. The van der Waals surface area contributed by atoms with E-state index >= 15 is 0 Å². The first-order valence-electron chi connectivity index (χ1n) is 8.21. The fourth-order valence-corrected chi connectivity index (χ4v) is 3.61. The van der Waals surface area contributed by atoms with Crippen molar-refractivity contribution >= 4 is 10.9 Å². The zero-order valence-corrected chi connectivity index (χ0v) is 13.5. The van der Waals surface area contributed by atoms with Gasteiger partial charge in [0, 0.05) is 23.9 Å². The minimum Gasteiger partial charge on any atom is -0.481 e. The second kappa shape index (κ2) is 6.07.